The Hall–Kier alpha value is -2.77. The standard InChI is InChI=1S/C25H27ClN2O2/c1-4-6-7-8-9-10-19-11-12-21(22(26)15-19)17-28-18(3)27-23-14-13-20(16-24(23)28)25(29)30-5-2/h11-16H,4-8,17H2,1-3H3. The quantitative estimate of drug-likeness (QED) is 0.260. The molecule has 1 aromatic heterocycles. The van der Waals surface area contributed by atoms with Crippen LogP contribution in [-0.4, -0.2) is 22.1 Å². The second-order valence-electron chi connectivity index (χ2n) is 7.23. The van der Waals surface area contributed by atoms with Crippen LogP contribution in [0.15, 0.2) is 36.4 Å². The number of unbranched alkanes of at least 4 members (excludes halogenated alkanes) is 3. The van der Waals surface area contributed by atoms with Gasteiger partial charge in [0.15, 0.2) is 0 Å². The number of carbonyl (C=O) groups is 1. The van der Waals surface area contributed by atoms with Crippen LogP contribution in [0.5, 0.6) is 0 Å². The monoisotopic (exact) mass is 422 g/mol. The normalized spacial score (nSPS) is 10.7. The van der Waals surface area contributed by atoms with Crippen molar-refractivity contribution in [3.63, 3.8) is 0 Å². The Bertz CT molecular complexity index is 1110. The molecule has 0 fully saturated rings. The molecular formula is C25H27ClN2O2. The average Bonchev–Trinajstić information content (AvgIpc) is 3.04. The van der Waals surface area contributed by atoms with Crippen LogP contribution in [0.3, 0.4) is 0 Å². The van der Waals surface area contributed by atoms with Gasteiger partial charge in [-0.1, -0.05) is 49.3 Å². The van der Waals surface area contributed by atoms with E-state index >= 15 is 0 Å². The molecule has 0 aliphatic heterocycles. The lowest BCUT2D eigenvalue weighted by molar-refractivity contribution is 0.0526. The first-order valence-corrected chi connectivity index (χ1v) is 10.8. The van der Waals surface area contributed by atoms with Crippen LogP contribution in [0, 0.1) is 18.8 Å². The van der Waals surface area contributed by atoms with E-state index in [0.29, 0.717) is 23.7 Å². The highest BCUT2D eigenvalue weighted by Crippen LogP contribution is 2.24. The highest BCUT2D eigenvalue weighted by atomic mass is 35.5. The van der Waals surface area contributed by atoms with Gasteiger partial charge in [0.05, 0.1) is 29.7 Å². The zero-order valence-electron chi connectivity index (χ0n) is 17.8. The van der Waals surface area contributed by atoms with E-state index in [0.717, 1.165) is 40.8 Å². The van der Waals surface area contributed by atoms with Crippen molar-refractivity contribution in [2.75, 3.05) is 6.61 Å². The molecule has 1 heterocycles. The molecule has 156 valence electrons. The zero-order chi connectivity index (χ0) is 21.5. The van der Waals surface area contributed by atoms with Crippen LogP contribution in [0.25, 0.3) is 11.0 Å². The summed E-state index contributed by atoms with van der Waals surface area (Å²) in [5.41, 5.74) is 4.15. The van der Waals surface area contributed by atoms with E-state index < -0.39 is 0 Å². The summed E-state index contributed by atoms with van der Waals surface area (Å²) < 4.78 is 7.19. The molecule has 0 radical (unpaired) electrons. The molecule has 2 aromatic carbocycles. The number of fused-ring (bicyclic) bond motifs is 1. The minimum Gasteiger partial charge on any atom is -0.462 e. The summed E-state index contributed by atoms with van der Waals surface area (Å²) >= 11 is 6.56. The van der Waals surface area contributed by atoms with Crippen molar-refractivity contribution in [3.8, 4) is 11.8 Å². The van der Waals surface area contributed by atoms with Crippen molar-refractivity contribution in [1.29, 1.82) is 0 Å². The summed E-state index contributed by atoms with van der Waals surface area (Å²) in [6.07, 6.45) is 4.46. The molecule has 0 amide bonds. The van der Waals surface area contributed by atoms with Gasteiger partial charge in [0.2, 0.25) is 0 Å². The maximum Gasteiger partial charge on any atom is 0.338 e. The second-order valence-corrected chi connectivity index (χ2v) is 7.64. The minimum atomic E-state index is -0.329. The van der Waals surface area contributed by atoms with E-state index in [2.05, 4.69) is 28.3 Å². The Morgan fingerprint density at radius 3 is 2.73 bits per heavy atom. The number of ether oxygens (including phenoxy) is 1. The molecule has 5 heteroatoms. The van der Waals surface area contributed by atoms with E-state index in [9.17, 15) is 4.79 Å². The Kier molecular flexibility index (Phi) is 7.54. The number of imidazole rings is 1. The van der Waals surface area contributed by atoms with Crippen LogP contribution in [0.1, 0.15) is 66.8 Å². The molecule has 4 nitrogen and oxygen atoms in total. The van der Waals surface area contributed by atoms with Crippen LogP contribution < -0.4 is 0 Å². The molecular weight excluding hydrogens is 396 g/mol. The largest absolute Gasteiger partial charge is 0.462 e. The molecule has 0 aliphatic rings. The number of halogens is 1. The molecule has 0 aliphatic carbocycles. The Labute approximate surface area is 183 Å². The van der Waals surface area contributed by atoms with Crippen LogP contribution in [0.2, 0.25) is 5.02 Å². The van der Waals surface area contributed by atoms with Gasteiger partial charge in [-0.05, 0) is 56.2 Å². The molecule has 0 atom stereocenters. The third kappa shape index (κ3) is 5.23. The SMILES string of the molecule is CCCCCC#Cc1ccc(Cn2c(C)nc3ccc(C(=O)OCC)cc32)c(Cl)c1. The zero-order valence-corrected chi connectivity index (χ0v) is 18.6. The number of hydrogen-bond donors (Lipinski definition) is 0. The summed E-state index contributed by atoms with van der Waals surface area (Å²) in [6, 6.07) is 11.4. The molecule has 0 N–H and O–H groups in total. The second kappa shape index (κ2) is 10.3. The fourth-order valence-corrected chi connectivity index (χ4v) is 3.58. The maximum absolute atomic E-state index is 12.1. The molecule has 0 unspecified atom stereocenters. The van der Waals surface area contributed by atoms with Crippen LogP contribution in [-0.2, 0) is 11.3 Å². The van der Waals surface area contributed by atoms with Gasteiger partial charge >= 0.3 is 5.97 Å². The first kappa shape index (κ1) is 21.9. The van der Waals surface area contributed by atoms with Crippen molar-refractivity contribution in [2.45, 2.75) is 53.0 Å². The summed E-state index contributed by atoms with van der Waals surface area (Å²) in [4.78, 5) is 16.7. The van der Waals surface area contributed by atoms with Crippen molar-refractivity contribution >= 4 is 28.6 Å². The molecule has 0 saturated heterocycles. The van der Waals surface area contributed by atoms with Crippen molar-refractivity contribution in [2.24, 2.45) is 0 Å². The van der Waals surface area contributed by atoms with Gasteiger partial charge in [0.25, 0.3) is 0 Å². The van der Waals surface area contributed by atoms with Crippen molar-refractivity contribution in [1.82, 2.24) is 9.55 Å². The molecule has 3 aromatic rings. The van der Waals surface area contributed by atoms with Crippen LogP contribution >= 0.6 is 11.6 Å². The summed E-state index contributed by atoms with van der Waals surface area (Å²) in [5.74, 6) is 6.95. The average molecular weight is 423 g/mol. The van der Waals surface area contributed by atoms with Gasteiger partial charge < -0.3 is 9.30 Å². The summed E-state index contributed by atoms with van der Waals surface area (Å²) in [7, 11) is 0. The van der Waals surface area contributed by atoms with E-state index in [4.69, 9.17) is 16.3 Å². The smallest absolute Gasteiger partial charge is 0.338 e. The first-order valence-electron chi connectivity index (χ1n) is 10.4. The highest BCUT2D eigenvalue weighted by molar-refractivity contribution is 6.31. The molecule has 3 rings (SSSR count). The molecule has 30 heavy (non-hydrogen) atoms. The van der Waals surface area contributed by atoms with E-state index in [1.165, 1.54) is 12.8 Å². The summed E-state index contributed by atoms with van der Waals surface area (Å²) in [6.45, 7) is 6.85. The number of benzene rings is 2. The Morgan fingerprint density at radius 1 is 1.17 bits per heavy atom. The van der Waals surface area contributed by atoms with Gasteiger partial charge in [-0.25, -0.2) is 9.78 Å². The van der Waals surface area contributed by atoms with E-state index in [1.807, 2.05) is 37.3 Å². The maximum atomic E-state index is 12.1. The van der Waals surface area contributed by atoms with Crippen LogP contribution in [0.4, 0.5) is 0 Å². The predicted octanol–water partition coefficient (Wildman–Crippen LogP) is 6.15. The van der Waals surface area contributed by atoms with Crippen molar-refractivity contribution < 1.29 is 9.53 Å². The van der Waals surface area contributed by atoms with Gasteiger partial charge in [0.1, 0.15) is 5.82 Å². The first-order chi connectivity index (χ1) is 14.5. The third-order valence-electron chi connectivity index (χ3n) is 4.97. The number of nitrogens with zero attached hydrogens (tertiary/aromatic N) is 2. The number of aromatic nitrogens is 2. The molecule has 0 saturated carbocycles. The Morgan fingerprint density at radius 2 is 2.00 bits per heavy atom. The summed E-state index contributed by atoms with van der Waals surface area (Å²) in [5, 5.41) is 0.679. The lowest BCUT2D eigenvalue weighted by Gasteiger charge is -2.10. The fraction of sp³-hybridized carbons (Fsp3) is 0.360. The molecule has 0 bridgehead atoms. The number of rotatable bonds is 7. The van der Waals surface area contributed by atoms with Crippen molar-refractivity contribution in [3.05, 3.63) is 63.9 Å². The fourth-order valence-electron chi connectivity index (χ4n) is 3.34. The third-order valence-corrected chi connectivity index (χ3v) is 5.32. The predicted molar refractivity (Wildman–Crippen MR) is 122 cm³/mol. The molecule has 0 spiro atoms. The van der Waals surface area contributed by atoms with Gasteiger partial charge in [-0.2, -0.15) is 0 Å². The highest BCUT2D eigenvalue weighted by Gasteiger charge is 2.14. The van der Waals surface area contributed by atoms with Gasteiger partial charge in [0, 0.05) is 17.0 Å². The lowest BCUT2D eigenvalue weighted by Crippen LogP contribution is -2.06. The number of carbonyl (C=O) groups excluding carboxylic acids is 1. The van der Waals surface area contributed by atoms with E-state index in [1.54, 1.807) is 13.0 Å². The van der Waals surface area contributed by atoms with E-state index in [-0.39, 0.29) is 5.97 Å². The topological polar surface area (TPSA) is 44.1 Å². The number of esters is 1. The lowest BCUT2D eigenvalue weighted by atomic mass is 10.1. The Balaban J connectivity index is 1.84. The number of aryl methyl sites for hydroxylation is 1. The van der Waals surface area contributed by atoms with Gasteiger partial charge in [-0.3, -0.25) is 0 Å². The number of hydrogen-bond acceptors (Lipinski definition) is 3. The minimum absolute atomic E-state index is 0.329. The van der Waals surface area contributed by atoms with Gasteiger partial charge in [-0.15, -0.1) is 0 Å².